The van der Waals surface area contributed by atoms with Crippen LogP contribution in [0.2, 0.25) is 0 Å². The van der Waals surface area contributed by atoms with E-state index in [1.54, 1.807) is 6.20 Å². The van der Waals surface area contributed by atoms with Crippen molar-refractivity contribution >= 4 is 11.4 Å². The zero-order valence-electron chi connectivity index (χ0n) is 9.47. The van der Waals surface area contributed by atoms with Crippen molar-refractivity contribution in [2.24, 2.45) is 0 Å². The first-order valence-electron chi connectivity index (χ1n) is 6.03. The van der Waals surface area contributed by atoms with Crippen molar-refractivity contribution in [2.75, 3.05) is 36.8 Å². The first kappa shape index (κ1) is 9.90. The molecule has 1 atom stereocenters. The van der Waals surface area contributed by atoms with Gasteiger partial charge in [0.15, 0.2) is 0 Å². The van der Waals surface area contributed by atoms with Crippen LogP contribution < -0.4 is 10.6 Å². The van der Waals surface area contributed by atoms with Gasteiger partial charge in [0.25, 0.3) is 0 Å². The summed E-state index contributed by atoms with van der Waals surface area (Å²) in [4.78, 5) is 9.06. The van der Waals surface area contributed by atoms with Gasteiger partial charge in [-0.2, -0.15) is 0 Å². The Morgan fingerprint density at radius 3 is 3.12 bits per heavy atom. The molecule has 1 unspecified atom stereocenters. The molecule has 86 valence electrons. The molecule has 3 rings (SSSR count). The Kier molecular flexibility index (Phi) is 2.44. The lowest BCUT2D eigenvalue weighted by molar-refractivity contribution is 0.231. The van der Waals surface area contributed by atoms with Gasteiger partial charge in [-0.3, -0.25) is 9.88 Å². The summed E-state index contributed by atoms with van der Waals surface area (Å²) < 4.78 is 0. The summed E-state index contributed by atoms with van der Waals surface area (Å²) in [6, 6.07) is 2.77. The van der Waals surface area contributed by atoms with Crippen LogP contribution in [0.1, 0.15) is 12.8 Å². The molecule has 2 aliphatic heterocycles. The van der Waals surface area contributed by atoms with Crippen LogP contribution in [0.5, 0.6) is 0 Å². The van der Waals surface area contributed by atoms with Crippen molar-refractivity contribution in [3.05, 3.63) is 18.5 Å². The lowest BCUT2D eigenvalue weighted by atomic mass is 10.1. The van der Waals surface area contributed by atoms with E-state index in [4.69, 9.17) is 5.73 Å². The standard InChI is InChI=1S/C12H18N4/c13-11-8-14-4-3-12(11)16-7-6-15-5-1-2-10(15)9-16/h3-4,8,10H,1-2,5-7,9,13H2. The fraction of sp³-hybridized carbons (Fsp3) is 0.583. The molecule has 0 spiro atoms. The van der Waals surface area contributed by atoms with Crippen molar-refractivity contribution in [2.45, 2.75) is 18.9 Å². The van der Waals surface area contributed by atoms with Crippen LogP contribution in [0.4, 0.5) is 11.4 Å². The highest BCUT2D eigenvalue weighted by molar-refractivity contribution is 5.66. The van der Waals surface area contributed by atoms with Crippen LogP contribution in [-0.2, 0) is 0 Å². The molecule has 0 saturated carbocycles. The maximum absolute atomic E-state index is 5.97. The molecular weight excluding hydrogens is 200 g/mol. The van der Waals surface area contributed by atoms with Gasteiger partial charge in [-0.15, -0.1) is 0 Å². The minimum absolute atomic E-state index is 0.737. The number of hydrogen-bond donors (Lipinski definition) is 1. The molecule has 2 fully saturated rings. The second-order valence-corrected chi connectivity index (χ2v) is 4.71. The Morgan fingerprint density at radius 1 is 1.31 bits per heavy atom. The van der Waals surface area contributed by atoms with E-state index < -0.39 is 0 Å². The molecule has 4 heteroatoms. The van der Waals surface area contributed by atoms with Crippen LogP contribution >= 0.6 is 0 Å². The van der Waals surface area contributed by atoms with E-state index >= 15 is 0 Å². The van der Waals surface area contributed by atoms with Crippen LogP contribution in [-0.4, -0.2) is 42.1 Å². The van der Waals surface area contributed by atoms with Crippen molar-refractivity contribution in [1.29, 1.82) is 0 Å². The quantitative estimate of drug-likeness (QED) is 0.762. The van der Waals surface area contributed by atoms with E-state index in [1.807, 2.05) is 12.3 Å². The molecule has 0 aromatic carbocycles. The van der Waals surface area contributed by atoms with Gasteiger partial charge in [0.2, 0.25) is 0 Å². The molecule has 0 radical (unpaired) electrons. The van der Waals surface area contributed by atoms with E-state index in [9.17, 15) is 0 Å². The lowest BCUT2D eigenvalue weighted by Gasteiger charge is -2.39. The zero-order valence-corrected chi connectivity index (χ0v) is 9.47. The van der Waals surface area contributed by atoms with Gasteiger partial charge in [0.05, 0.1) is 17.6 Å². The molecule has 2 aliphatic rings. The summed E-state index contributed by atoms with van der Waals surface area (Å²) in [5, 5.41) is 0. The van der Waals surface area contributed by atoms with Gasteiger partial charge in [0.1, 0.15) is 0 Å². The fourth-order valence-corrected chi connectivity index (χ4v) is 2.90. The second kappa shape index (κ2) is 3.94. The van der Waals surface area contributed by atoms with Gasteiger partial charge in [-0.1, -0.05) is 0 Å². The summed E-state index contributed by atoms with van der Waals surface area (Å²) in [5.74, 6) is 0. The number of aromatic nitrogens is 1. The molecule has 4 nitrogen and oxygen atoms in total. The third kappa shape index (κ3) is 1.63. The largest absolute Gasteiger partial charge is 0.396 e. The predicted molar refractivity (Wildman–Crippen MR) is 65.5 cm³/mol. The zero-order chi connectivity index (χ0) is 11.0. The minimum Gasteiger partial charge on any atom is -0.396 e. The van der Waals surface area contributed by atoms with E-state index in [0.717, 1.165) is 30.5 Å². The summed E-state index contributed by atoms with van der Waals surface area (Å²) in [5.41, 5.74) is 7.92. The Labute approximate surface area is 96.1 Å². The summed E-state index contributed by atoms with van der Waals surface area (Å²) in [6.45, 7) is 4.66. The van der Waals surface area contributed by atoms with Crippen molar-refractivity contribution in [3.8, 4) is 0 Å². The van der Waals surface area contributed by atoms with Crippen LogP contribution in [0.25, 0.3) is 0 Å². The highest BCUT2D eigenvalue weighted by atomic mass is 15.3. The first-order valence-corrected chi connectivity index (χ1v) is 6.03. The fourth-order valence-electron chi connectivity index (χ4n) is 2.90. The smallest absolute Gasteiger partial charge is 0.0738 e. The normalized spacial score (nSPS) is 25.8. The SMILES string of the molecule is Nc1cnccc1N1CCN2CCCC2C1. The Hall–Kier alpha value is -1.29. The molecule has 16 heavy (non-hydrogen) atoms. The molecule has 1 aromatic rings. The number of pyridine rings is 1. The van der Waals surface area contributed by atoms with Crippen LogP contribution in [0.3, 0.4) is 0 Å². The maximum Gasteiger partial charge on any atom is 0.0738 e. The van der Waals surface area contributed by atoms with E-state index in [-0.39, 0.29) is 0 Å². The second-order valence-electron chi connectivity index (χ2n) is 4.71. The molecule has 3 heterocycles. The van der Waals surface area contributed by atoms with Crippen molar-refractivity contribution in [3.63, 3.8) is 0 Å². The maximum atomic E-state index is 5.97. The number of rotatable bonds is 1. The average molecular weight is 218 g/mol. The third-order valence-corrected chi connectivity index (χ3v) is 3.76. The van der Waals surface area contributed by atoms with Crippen LogP contribution in [0, 0.1) is 0 Å². The highest BCUT2D eigenvalue weighted by Gasteiger charge is 2.30. The third-order valence-electron chi connectivity index (χ3n) is 3.76. The van der Waals surface area contributed by atoms with Gasteiger partial charge < -0.3 is 10.6 Å². The average Bonchev–Trinajstić information content (AvgIpc) is 2.76. The monoisotopic (exact) mass is 218 g/mol. The number of anilines is 2. The first-order chi connectivity index (χ1) is 7.84. The topological polar surface area (TPSA) is 45.4 Å². The molecule has 2 N–H and O–H groups in total. The lowest BCUT2D eigenvalue weighted by Crippen LogP contribution is -2.50. The Balaban J connectivity index is 1.79. The molecule has 0 aliphatic carbocycles. The molecule has 2 saturated heterocycles. The number of nitrogen functional groups attached to an aromatic ring is 1. The van der Waals surface area contributed by atoms with Crippen LogP contribution in [0.15, 0.2) is 18.5 Å². The van der Waals surface area contributed by atoms with Gasteiger partial charge in [0, 0.05) is 31.9 Å². The number of piperazine rings is 1. The highest BCUT2D eigenvalue weighted by Crippen LogP contribution is 2.28. The number of fused-ring (bicyclic) bond motifs is 1. The number of nitrogens with zero attached hydrogens (tertiary/aromatic N) is 3. The summed E-state index contributed by atoms with van der Waals surface area (Å²) >= 11 is 0. The predicted octanol–water partition coefficient (Wildman–Crippen LogP) is 0.948. The van der Waals surface area contributed by atoms with E-state index in [0.29, 0.717) is 0 Å². The number of hydrogen-bond acceptors (Lipinski definition) is 4. The molecule has 1 aromatic heterocycles. The van der Waals surface area contributed by atoms with Gasteiger partial charge in [-0.25, -0.2) is 0 Å². The van der Waals surface area contributed by atoms with E-state index in [2.05, 4.69) is 14.8 Å². The van der Waals surface area contributed by atoms with Gasteiger partial charge >= 0.3 is 0 Å². The molecular formula is C12H18N4. The Morgan fingerprint density at radius 2 is 2.25 bits per heavy atom. The molecule has 0 amide bonds. The van der Waals surface area contributed by atoms with E-state index in [1.165, 1.54) is 25.9 Å². The number of nitrogens with two attached hydrogens (primary N) is 1. The van der Waals surface area contributed by atoms with Crippen molar-refractivity contribution < 1.29 is 0 Å². The molecule has 0 bridgehead atoms. The Bertz CT molecular complexity index is 379. The van der Waals surface area contributed by atoms with Gasteiger partial charge in [-0.05, 0) is 25.5 Å². The van der Waals surface area contributed by atoms with Crippen molar-refractivity contribution in [1.82, 2.24) is 9.88 Å². The summed E-state index contributed by atoms with van der Waals surface area (Å²) in [6.07, 6.45) is 6.26. The minimum atomic E-state index is 0.737. The summed E-state index contributed by atoms with van der Waals surface area (Å²) in [7, 11) is 0.